The molecule has 1 aliphatic rings. The quantitative estimate of drug-likeness (QED) is 0.660. The van der Waals surface area contributed by atoms with Gasteiger partial charge >= 0.3 is 0 Å². The van der Waals surface area contributed by atoms with E-state index in [1.165, 1.54) is 12.1 Å². The highest BCUT2D eigenvalue weighted by molar-refractivity contribution is 5.97. The maximum atomic E-state index is 13.0. The van der Waals surface area contributed by atoms with Crippen molar-refractivity contribution in [3.05, 3.63) is 66.0 Å². The van der Waals surface area contributed by atoms with Crippen LogP contribution in [0.3, 0.4) is 0 Å². The van der Waals surface area contributed by atoms with Crippen LogP contribution < -0.4 is 9.64 Å². The number of piperidine rings is 1. The Bertz CT molecular complexity index is 919. The molecule has 3 aromatic rings. The van der Waals surface area contributed by atoms with Gasteiger partial charge in [0.1, 0.15) is 23.5 Å². The van der Waals surface area contributed by atoms with Gasteiger partial charge in [-0.1, -0.05) is 18.2 Å². The number of ether oxygens (including phenoxy) is 1. The molecule has 4 nitrogen and oxygen atoms in total. The fraction of sp³-hybridized carbons (Fsp3) is 0.238. The highest BCUT2D eigenvalue weighted by Crippen LogP contribution is 2.26. The molecule has 4 rings (SSSR count). The van der Waals surface area contributed by atoms with Crippen molar-refractivity contribution < 1.29 is 13.9 Å². The van der Waals surface area contributed by atoms with Crippen molar-refractivity contribution in [2.45, 2.75) is 18.9 Å². The lowest BCUT2D eigenvalue weighted by Crippen LogP contribution is -2.38. The van der Waals surface area contributed by atoms with Crippen LogP contribution in [0.25, 0.3) is 10.9 Å². The Morgan fingerprint density at radius 3 is 2.54 bits per heavy atom. The van der Waals surface area contributed by atoms with Gasteiger partial charge in [-0.15, -0.1) is 0 Å². The zero-order valence-electron chi connectivity index (χ0n) is 14.3. The van der Waals surface area contributed by atoms with Crippen molar-refractivity contribution in [1.29, 1.82) is 0 Å². The molecule has 0 radical (unpaired) electrons. The average molecular weight is 350 g/mol. The maximum absolute atomic E-state index is 13.0. The monoisotopic (exact) mass is 350 g/mol. The zero-order chi connectivity index (χ0) is 17.9. The summed E-state index contributed by atoms with van der Waals surface area (Å²) in [4.78, 5) is 18.3. The van der Waals surface area contributed by atoms with Crippen LogP contribution in [0, 0.1) is 5.82 Å². The molecule has 0 saturated carbocycles. The summed E-state index contributed by atoms with van der Waals surface area (Å²) in [6, 6.07) is 15.7. The number of carbonyl (C=O) groups is 1. The topological polar surface area (TPSA) is 42.4 Å². The third-order valence-corrected chi connectivity index (χ3v) is 4.74. The lowest BCUT2D eigenvalue weighted by molar-refractivity contribution is 0.112. The SMILES string of the molecule is O=Cc1cc(N2CCC(Oc3ccc(F)cc3)CC2)nc2ccccc12. The molecule has 1 aliphatic heterocycles. The summed E-state index contributed by atoms with van der Waals surface area (Å²) >= 11 is 0. The molecule has 1 aromatic heterocycles. The van der Waals surface area contributed by atoms with Gasteiger partial charge in [-0.2, -0.15) is 0 Å². The van der Waals surface area contributed by atoms with Crippen LogP contribution in [0.5, 0.6) is 5.75 Å². The van der Waals surface area contributed by atoms with Crippen molar-refractivity contribution >= 4 is 23.0 Å². The van der Waals surface area contributed by atoms with Gasteiger partial charge in [0.2, 0.25) is 0 Å². The fourth-order valence-electron chi connectivity index (χ4n) is 3.36. The number of nitrogens with zero attached hydrogens (tertiary/aromatic N) is 2. The lowest BCUT2D eigenvalue weighted by atomic mass is 10.1. The number of pyridine rings is 1. The molecule has 1 fully saturated rings. The minimum atomic E-state index is -0.263. The molecule has 0 N–H and O–H groups in total. The summed E-state index contributed by atoms with van der Waals surface area (Å²) in [5.74, 6) is 1.25. The molecule has 0 spiro atoms. The number of carbonyl (C=O) groups excluding carboxylic acids is 1. The van der Waals surface area contributed by atoms with Crippen LogP contribution in [0.1, 0.15) is 23.2 Å². The summed E-state index contributed by atoms with van der Waals surface area (Å²) in [7, 11) is 0. The number of hydrogen-bond donors (Lipinski definition) is 0. The second-order valence-electron chi connectivity index (χ2n) is 6.46. The lowest BCUT2D eigenvalue weighted by Gasteiger charge is -2.33. The van der Waals surface area contributed by atoms with Gasteiger partial charge in [0.15, 0.2) is 6.29 Å². The Kier molecular flexibility index (Phi) is 4.52. The predicted molar refractivity (Wildman–Crippen MR) is 99.4 cm³/mol. The van der Waals surface area contributed by atoms with E-state index in [0.29, 0.717) is 11.3 Å². The van der Waals surface area contributed by atoms with E-state index in [1.54, 1.807) is 12.1 Å². The normalized spacial score (nSPS) is 15.2. The van der Waals surface area contributed by atoms with Crippen molar-refractivity contribution in [3.8, 4) is 5.75 Å². The van der Waals surface area contributed by atoms with Gasteiger partial charge in [0.05, 0.1) is 5.52 Å². The first-order valence-corrected chi connectivity index (χ1v) is 8.75. The standard InChI is InChI=1S/C21H19FN2O2/c22-16-5-7-17(8-6-16)26-18-9-11-24(12-10-18)21-13-15(14-25)19-3-1-2-4-20(19)23-21/h1-8,13-14,18H,9-12H2. The number of aromatic nitrogens is 1. The highest BCUT2D eigenvalue weighted by atomic mass is 19.1. The summed E-state index contributed by atoms with van der Waals surface area (Å²) in [5, 5.41) is 0.876. The Balaban J connectivity index is 1.47. The van der Waals surface area contributed by atoms with E-state index in [0.717, 1.165) is 48.9 Å². The number of halogens is 1. The fourth-order valence-corrected chi connectivity index (χ4v) is 3.36. The third-order valence-electron chi connectivity index (χ3n) is 4.74. The Hall–Kier alpha value is -2.95. The molecule has 1 saturated heterocycles. The van der Waals surface area contributed by atoms with E-state index < -0.39 is 0 Å². The largest absolute Gasteiger partial charge is 0.490 e. The maximum Gasteiger partial charge on any atom is 0.150 e. The van der Waals surface area contributed by atoms with Crippen LogP contribution in [-0.2, 0) is 0 Å². The molecule has 0 aliphatic carbocycles. The van der Waals surface area contributed by atoms with Gasteiger partial charge in [0, 0.05) is 36.9 Å². The molecule has 2 heterocycles. The van der Waals surface area contributed by atoms with Crippen molar-refractivity contribution in [3.63, 3.8) is 0 Å². The third kappa shape index (κ3) is 3.38. The van der Waals surface area contributed by atoms with Crippen LogP contribution in [0.4, 0.5) is 10.2 Å². The Morgan fingerprint density at radius 1 is 1.08 bits per heavy atom. The van der Waals surface area contributed by atoms with Gasteiger partial charge in [-0.25, -0.2) is 9.37 Å². The number of para-hydroxylation sites is 1. The smallest absolute Gasteiger partial charge is 0.150 e. The Morgan fingerprint density at radius 2 is 1.81 bits per heavy atom. The van der Waals surface area contributed by atoms with Gasteiger partial charge in [0.25, 0.3) is 0 Å². The molecular weight excluding hydrogens is 331 g/mol. The van der Waals surface area contributed by atoms with Crippen LogP contribution >= 0.6 is 0 Å². The molecule has 26 heavy (non-hydrogen) atoms. The first-order valence-electron chi connectivity index (χ1n) is 8.75. The first kappa shape index (κ1) is 16.5. The molecule has 0 unspecified atom stereocenters. The minimum absolute atomic E-state index is 0.0997. The van der Waals surface area contributed by atoms with E-state index >= 15 is 0 Å². The second kappa shape index (κ2) is 7.12. The van der Waals surface area contributed by atoms with E-state index in [1.807, 2.05) is 30.3 Å². The van der Waals surface area contributed by atoms with Crippen LogP contribution in [0.2, 0.25) is 0 Å². The van der Waals surface area contributed by atoms with Crippen LogP contribution in [-0.4, -0.2) is 30.5 Å². The summed E-state index contributed by atoms with van der Waals surface area (Å²) in [5.41, 5.74) is 1.49. The zero-order valence-corrected chi connectivity index (χ0v) is 14.3. The van der Waals surface area contributed by atoms with Crippen molar-refractivity contribution in [2.24, 2.45) is 0 Å². The van der Waals surface area contributed by atoms with E-state index in [9.17, 15) is 9.18 Å². The molecule has 5 heteroatoms. The van der Waals surface area contributed by atoms with Gasteiger partial charge in [-0.3, -0.25) is 4.79 Å². The number of hydrogen-bond acceptors (Lipinski definition) is 4. The second-order valence-corrected chi connectivity index (χ2v) is 6.46. The molecule has 2 aromatic carbocycles. The van der Waals surface area contributed by atoms with E-state index in [-0.39, 0.29) is 11.9 Å². The van der Waals surface area contributed by atoms with E-state index in [2.05, 4.69) is 4.90 Å². The predicted octanol–water partition coefficient (Wildman–Crippen LogP) is 4.23. The molecular formula is C21H19FN2O2. The number of anilines is 1. The van der Waals surface area contributed by atoms with Gasteiger partial charge in [-0.05, 0) is 36.4 Å². The molecule has 0 atom stereocenters. The molecule has 0 bridgehead atoms. The Labute approximate surface area is 151 Å². The number of aldehydes is 1. The molecule has 0 amide bonds. The average Bonchev–Trinajstić information content (AvgIpc) is 2.69. The first-order chi connectivity index (χ1) is 12.7. The van der Waals surface area contributed by atoms with Crippen molar-refractivity contribution in [1.82, 2.24) is 4.98 Å². The number of benzene rings is 2. The summed E-state index contributed by atoms with van der Waals surface area (Å²) in [6.45, 7) is 1.60. The number of fused-ring (bicyclic) bond motifs is 1. The summed E-state index contributed by atoms with van der Waals surface area (Å²) < 4.78 is 18.9. The number of rotatable bonds is 4. The van der Waals surface area contributed by atoms with Crippen LogP contribution in [0.15, 0.2) is 54.6 Å². The van der Waals surface area contributed by atoms with Gasteiger partial charge < -0.3 is 9.64 Å². The van der Waals surface area contributed by atoms with E-state index in [4.69, 9.17) is 9.72 Å². The van der Waals surface area contributed by atoms with Crippen molar-refractivity contribution in [2.75, 3.05) is 18.0 Å². The highest BCUT2D eigenvalue weighted by Gasteiger charge is 2.22. The minimum Gasteiger partial charge on any atom is -0.490 e. The molecule has 132 valence electrons. The summed E-state index contributed by atoms with van der Waals surface area (Å²) in [6.07, 6.45) is 2.69.